The van der Waals surface area contributed by atoms with Crippen LogP contribution in [0.3, 0.4) is 0 Å². The van der Waals surface area contributed by atoms with Crippen LogP contribution in [0.2, 0.25) is 0 Å². The summed E-state index contributed by atoms with van der Waals surface area (Å²) < 4.78 is 31.5. The second kappa shape index (κ2) is 14.3. The van der Waals surface area contributed by atoms with Gasteiger partial charge >= 0.3 is 0 Å². The van der Waals surface area contributed by atoms with Crippen LogP contribution >= 0.6 is 0 Å². The molecule has 0 spiro atoms. The fraction of sp³-hybridized carbons (Fsp3) is 0.350. The van der Waals surface area contributed by atoms with Gasteiger partial charge in [0.25, 0.3) is 11.5 Å². The number of fused-ring (bicyclic) bond motifs is 1. The largest absolute Gasteiger partial charge is 0.352 e. The minimum absolute atomic E-state index is 0.0280. The highest BCUT2D eigenvalue weighted by Gasteiger charge is 2.26. The third-order valence-corrected chi connectivity index (χ3v) is 8.26. The lowest BCUT2D eigenvalue weighted by Gasteiger charge is -2.32. The number of carbonyl (C=O) groups excluding carboxylic acids is 1. The van der Waals surface area contributed by atoms with Crippen LogP contribution in [0.4, 0.5) is 14.7 Å². The standard InChI is InChI=1S/C40H45F2N5O2/c1-25-16-17-27(37(49)43-21-20-26-12-9-8-10-13-26)22-30(25)34-29-18-19-33(48)47(35-31(41)14-11-15-32(35)42)36(29)46-38(45-34)44-28(23-39(2,3)4)24-40(5,6)7/h8-19,22,28H,20-21,23-24H2,1-7H3,(H,43,49)(H,44,45,46). The van der Waals surface area contributed by atoms with Crippen LogP contribution in [0, 0.1) is 29.4 Å². The Hall–Kier alpha value is -4.92. The Morgan fingerprint density at radius 1 is 0.837 bits per heavy atom. The number of nitrogens with one attached hydrogen (secondary N) is 2. The first-order valence-electron chi connectivity index (χ1n) is 16.7. The third kappa shape index (κ3) is 8.76. The summed E-state index contributed by atoms with van der Waals surface area (Å²) >= 11 is 0. The van der Waals surface area contributed by atoms with Gasteiger partial charge in [0.2, 0.25) is 5.95 Å². The van der Waals surface area contributed by atoms with Gasteiger partial charge in [0.05, 0.1) is 5.69 Å². The van der Waals surface area contributed by atoms with Gasteiger partial charge in [0, 0.05) is 35.2 Å². The van der Waals surface area contributed by atoms with Crippen molar-refractivity contribution in [3.63, 3.8) is 0 Å². The number of carbonyl (C=O) groups is 1. The molecule has 0 atom stereocenters. The molecule has 5 aromatic rings. The van der Waals surface area contributed by atoms with Gasteiger partial charge in [0.15, 0.2) is 5.65 Å². The van der Waals surface area contributed by atoms with E-state index in [-0.39, 0.29) is 34.4 Å². The number of halogens is 2. The topological polar surface area (TPSA) is 88.9 Å². The first-order valence-corrected chi connectivity index (χ1v) is 16.7. The Kier molecular flexibility index (Phi) is 10.3. The Labute approximate surface area is 286 Å². The highest BCUT2D eigenvalue weighted by molar-refractivity contribution is 5.98. The van der Waals surface area contributed by atoms with Crippen LogP contribution in [0.1, 0.15) is 75.9 Å². The molecule has 0 saturated heterocycles. The number of hydrogen-bond acceptors (Lipinski definition) is 5. The second-order valence-corrected chi connectivity index (χ2v) is 15.1. The molecule has 2 aromatic heterocycles. The lowest BCUT2D eigenvalue weighted by atomic mass is 9.80. The maximum Gasteiger partial charge on any atom is 0.256 e. The van der Waals surface area contributed by atoms with Crippen LogP contribution in [0.25, 0.3) is 28.0 Å². The molecule has 5 rings (SSSR count). The van der Waals surface area contributed by atoms with Crippen molar-refractivity contribution in [2.24, 2.45) is 10.8 Å². The minimum atomic E-state index is -0.895. The molecular formula is C40H45F2N5O2. The fourth-order valence-corrected chi connectivity index (χ4v) is 6.22. The summed E-state index contributed by atoms with van der Waals surface area (Å²) in [6, 6.07) is 21.5. The first-order chi connectivity index (χ1) is 23.1. The molecule has 0 fully saturated rings. The van der Waals surface area contributed by atoms with E-state index >= 15 is 8.78 Å². The van der Waals surface area contributed by atoms with Gasteiger partial charge in [-0.15, -0.1) is 0 Å². The van der Waals surface area contributed by atoms with Crippen LogP contribution in [0.15, 0.2) is 83.7 Å². The normalized spacial score (nSPS) is 12.0. The summed E-state index contributed by atoms with van der Waals surface area (Å²) in [5.41, 5.74) is 2.27. The molecule has 0 aliphatic heterocycles. The number of anilines is 1. The molecule has 0 radical (unpaired) electrons. The molecule has 2 heterocycles. The molecular weight excluding hydrogens is 620 g/mol. The van der Waals surface area contributed by atoms with E-state index in [4.69, 9.17) is 9.97 Å². The number of para-hydroxylation sites is 1. The van der Waals surface area contributed by atoms with Crippen molar-refractivity contribution in [3.05, 3.63) is 118 Å². The number of rotatable bonds is 10. The van der Waals surface area contributed by atoms with Gasteiger partial charge in [-0.3, -0.25) is 14.2 Å². The van der Waals surface area contributed by atoms with Crippen LogP contribution in [-0.4, -0.2) is 33.0 Å². The lowest BCUT2D eigenvalue weighted by Crippen LogP contribution is -2.31. The van der Waals surface area contributed by atoms with Gasteiger partial charge in [-0.2, -0.15) is 4.98 Å². The SMILES string of the molecule is Cc1ccc(C(=O)NCCc2ccccc2)cc1-c1nc(NC(CC(C)(C)C)CC(C)(C)C)nc2c1ccc(=O)n2-c1c(F)cccc1F. The molecule has 2 N–H and O–H groups in total. The zero-order valence-corrected chi connectivity index (χ0v) is 29.3. The zero-order chi connectivity index (χ0) is 35.5. The maximum atomic E-state index is 15.3. The van der Waals surface area contributed by atoms with E-state index in [1.165, 1.54) is 12.1 Å². The molecule has 0 unspecified atom stereocenters. The fourth-order valence-electron chi connectivity index (χ4n) is 6.22. The van der Waals surface area contributed by atoms with Gasteiger partial charge in [-0.05, 0) is 78.5 Å². The van der Waals surface area contributed by atoms with Crippen molar-refractivity contribution in [3.8, 4) is 16.9 Å². The number of pyridine rings is 1. The number of amides is 1. The predicted molar refractivity (Wildman–Crippen MR) is 193 cm³/mol. The molecule has 1 amide bonds. The van der Waals surface area contributed by atoms with Crippen molar-refractivity contribution in [1.82, 2.24) is 19.9 Å². The molecule has 0 aliphatic carbocycles. The number of benzene rings is 3. The van der Waals surface area contributed by atoms with E-state index in [0.717, 1.165) is 40.7 Å². The van der Waals surface area contributed by atoms with Crippen molar-refractivity contribution >= 4 is 22.9 Å². The van der Waals surface area contributed by atoms with E-state index in [2.05, 4.69) is 52.2 Å². The quantitative estimate of drug-likeness (QED) is 0.156. The van der Waals surface area contributed by atoms with Crippen molar-refractivity contribution in [2.45, 2.75) is 73.8 Å². The number of aromatic nitrogens is 3. The van der Waals surface area contributed by atoms with Gasteiger partial charge < -0.3 is 10.6 Å². The summed E-state index contributed by atoms with van der Waals surface area (Å²) in [6.07, 6.45) is 2.27. The first kappa shape index (κ1) is 35.4. The molecule has 0 bridgehead atoms. The van der Waals surface area contributed by atoms with E-state index < -0.39 is 22.9 Å². The molecule has 0 saturated carbocycles. The molecule has 0 aliphatic rings. The second-order valence-electron chi connectivity index (χ2n) is 15.1. The van der Waals surface area contributed by atoms with Gasteiger partial charge in [-0.1, -0.05) is 84.0 Å². The summed E-state index contributed by atoms with van der Waals surface area (Å²) in [6.45, 7) is 15.3. The van der Waals surface area contributed by atoms with Crippen LogP contribution in [-0.2, 0) is 6.42 Å². The zero-order valence-electron chi connectivity index (χ0n) is 29.3. The Bertz CT molecular complexity index is 1990. The smallest absolute Gasteiger partial charge is 0.256 e. The Morgan fingerprint density at radius 3 is 2.12 bits per heavy atom. The predicted octanol–water partition coefficient (Wildman–Crippen LogP) is 8.66. The summed E-state index contributed by atoms with van der Waals surface area (Å²) in [5.74, 6) is -1.82. The van der Waals surface area contributed by atoms with Gasteiger partial charge in [-0.25, -0.2) is 13.8 Å². The third-order valence-electron chi connectivity index (χ3n) is 8.26. The number of aryl methyl sites for hydroxylation is 1. The molecule has 9 heteroatoms. The Morgan fingerprint density at radius 2 is 1.49 bits per heavy atom. The number of nitrogens with zero attached hydrogens (tertiary/aromatic N) is 3. The number of hydrogen-bond donors (Lipinski definition) is 2. The van der Waals surface area contributed by atoms with E-state index in [1.807, 2.05) is 43.3 Å². The minimum Gasteiger partial charge on any atom is -0.352 e. The summed E-state index contributed by atoms with van der Waals surface area (Å²) in [4.78, 5) is 36.5. The highest BCUT2D eigenvalue weighted by Crippen LogP contribution is 2.34. The van der Waals surface area contributed by atoms with E-state index in [0.29, 0.717) is 35.2 Å². The average Bonchev–Trinajstić information content (AvgIpc) is 3.00. The summed E-state index contributed by atoms with van der Waals surface area (Å²) in [5, 5.41) is 6.92. The monoisotopic (exact) mass is 665 g/mol. The summed E-state index contributed by atoms with van der Waals surface area (Å²) in [7, 11) is 0. The highest BCUT2D eigenvalue weighted by atomic mass is 19.1. The molecule has 49 heavy (non-hydrogen) atoms. The molecule has 7 nitrogen and oxygen atoms in total. The maximum absolute atomic E-state index is 15.3. The Balaban J connectivity index is 1.66. The lowest BCUT2D eigenvalue weighted by molar-refractivity contribution is 0.0954. The molecule has 3 aromatic carbocycles. The van der Waals surface area contributed by atoms with Crippen molar-refractivity contribution in [2.75, 3.05) is 11.9 Å². The van der Waals surface area contributed by atoms with Gasteiger partial charge in [0.1, 0.15) is 17.3 Å². The van der Waals surface area contributed by atoms with Crippen LogP contribution in [0.5, 0.6) is 0 Å². The molecule has 256 valence electrons. The van der Waals surface area contributed by atoms with Crippen molar-refractivity contribution in [1.29, 1.82) is 0 Å². The van der Waals surface area contributed by atoms with Crippen molar-refractivity contribution < 1.29 is 13.6 Å². The van der Waals surface area contributed by atoms with Crippen LogP contribution < -0.4 is 16.2 Å². The van der Waals surface area contributed by atoms with E-state index in [9.17, 15) is 9.59 Å². The van der Waals surface area contributed by atoms with E-state index in [1.54, 1.807) is 18.2 Å². The average molecular weight is 666 g/mol.